The largest absolute Gasteiger partial charge is 0.208 e. The quantitative estimate of drug-likeness (QED) is 0.470. The van der Waals surface area contributed by atoms with Crippen molar-refractivity contribution in [2.45, 2.75) is 6.92 Å². The van der Waals surface area contributed by atoms with E-state index in [9.17, 15) is 8.78 Å². The van der Waals surface area contributed by atoms with Gasteiger partial charge in [0.1, 0.15) is 19.5 Å². The van der Waals surface area contributed by atoms with Crippen LogP contribution in [0, 0.1) is 18.6 Å². The van der Waals surface area contributed by atoms with E-state index < -0.39 is 11.6 Å². The molecule has 0 bridgehead atoms. The molecule has 1 aromatic carbocycles. The van der Waals surface area contributed by atoms with Crippen LogP contribution >= 0.6 is 0 Å². The van der Waals surface area contributed by atoms with Crippen LogP contribution in [0.25, 0.3) is 0 Å². The van der Waals surface area contributed by atoms with E-state index in [1.165, 1.54) is 6.92 Å². The summed E-state index contributed by atoms with van der Waals surface area (Å²) in [6, 6.07) is 2.05. The molecule has 0 fully saturated rings. The maximum atomic E-state index is 12.5. The first-order valence-corrected chi connectivity index (χ1v) is 2.82. The fourth-order valence-corrected chi connectivity index (χ4v) is 0.662. The SMILES string of the molecule is [B]c1cc(F)c(C)cc1F. The summed E-state index contributed by atoms with van der Waals surface area (Å²) in [7, 11) is 5.07. The highest BCUT2D eigenvalue weighted by molar-refractivity contribution is 6.32. The average Bonchev–Trinajstić information content (AvgIpc) is 1.84. The molecule has 0 aliphatic carbocycles. The number of halogens is 2. The van der Waals surface area contributed by atoms with E-state index in [0.29, 0.717) is 0 Å². The second kappa shape index (κ2) is 2.41. The van der Waals surface area contributed by atoms with Crippen LogP contribution < -0.4 is 5.46 Å². The Balaban J connectivity index is 3.28. The van der Waals surface area contributed by atoms with Crippen molar-refractivity contribution >= 4 is 13.3 Å². The van der Waals surface area contributed by atoms with Crippen LogP contribution in [0.15, 0.2) is 12.1 Å². The molecule has 0 saturated carbocycles. The standard InChI is InChI=1S/C7H5BF2/c1-4-2-7(10)5(8)3-6(4)9/h2-3H,1H3. The highest BCUT2D eigenvalue weighted by Crippen LogP contribution is 2.04. The lowest BCUT2D eigenvalue weighted by Crippen LogP contribution is -2.09. The molecular weight excluding hydrogens is 133 g/mol. The Hall–Kier alpha value is -0.855. The van der Waals surface area contributed by atoms with Crippen molar-refractivity contribution in [1.82, 2.24) is 0 Å². The molecule has 0 aromatic heterocycles. The molecule has 1 aromatic rings. The molecule has 50 valence electrons. The summed E-state index contributed by atoms with van der Waals surface area (Å²) in [6.07, 6.45) is 0. The van der Waals surface area contributed by atoms with E-state index >= 15 is 0 Å². The van der Waals surface area contributed by atoms with Gasteiger partial charge in [-0.1, -0.05) is 5.46 Å². The van der Waals surface area contributed by atoms with Crippen LogP contribution in [0.5, 0.6) is 0 Å². The summed E-state index contributed by atoms with van der Waals surface area (Å²) in [6.45, 7) is 1.48. The number of aryl methyl sites for hydroxylation is 1. The molecule has 0 amide bonds. The summed E-state index contributed by atoms with van der Waals surface area (Å²) >= 11 is 0. The average molecular weight is 138 g/mol. The van der Waals surface area contributed by atoms with Crippen LogP contribution in [0.3, 0.4) is 0 Å². The van der Waals surface area contributed by atoms with E-state index in [4.69, 9.17) is 7.85 Å². The summed E-state index contributed by atoms with van der Waals surface area (Å²) in [4.78, 5) is 0. The van der Waals surface area contributed by atoms with Gasteiger partial charge in [0.15, 0.2) is 0 Å². The number of benzene rings is 1. The van der Waals surface area contributed by atoms with Crippen molar-refractivity contribution in [3.8, 4) is 0 Å². The third-order valence-corrected chi connectivity index (χ3v) is 1.28. The van der Waals surface area contributed by atoms with E-state index in [1.807, 2.05) is 0 Å². The summed E-state index contributed by atoms with van der Waals surface area (Å²) in [5, 5.41) is 0. The van der Waals surface area contributed by atoms with Crippen LogP contribution in [0.1, 0.15) is 5.56 Å². The maximum Gasteiger partial charge on any atom is 0.125 e. The maximum absolute atomic E-state index is 12.5. The molecule has 0 saturated heterocycles. The fraction of sp³-hybridized carbons (Fsp3) is 0.143. The lowest BCUT2D eigenvalue weighted by molar-refractivity contribution is 0.598. The summed E-state index contributed by atoms with van der Waals surface area (Å²) < 4.78 is 25.0. The monoisotopic (exact) mass is 138 g/mol. The Morgan fingerprint density at radius 1 is 1.20 bits per heavy atom. The molecule has 0 atom stereocenters. The van der Waals surface area contributed by atoms with E-state index in [1.54, 1.807) is 0 Å². The third kappa shape index (κ3) is 1.18. The van der Waals surface area contributed by atoms with Crippen molar-refractivity contribution in [3.63, 3.8) is 0 Å². The van der Waals surface area contributed by atoms with E-state index in [-0.39, 0.29) is 11.0 Å². The molecule has 0 unspecified atom stereocenters. The highest BCUT2D eigenvalue weighted by atomic mass is 19.1. The van der Waals surface area contributed by atoms with E-state index in [2.05, 4.69) is 0 Å². The first-order valence-electron chi connectivity index (χ1n) is 2.82. The molecule has 2 radical (unpaired) electrons. The Morgan fingerprint density at radius 3 is 2.30 bits per heavy atom. The predicted octanol–water partition coefficient (Wildman–Crippen LogP) is 1.07. The Bertz CT molecular complexity index is 208. The van der Waals surface area contributed by atoms with Crippen molar-refractivity contribution in [1.29, 1.82) is 0 Å². The number of rotatable bonds is 0. The van der Waals surface area contributed by atoms with Gasteiger partial charge >= 0.3 is 0 Å². The molecule has 3 heteroatoms. The van der Waals surface area contributed by atoms with Crippen LogP contribution in [-0.4, -0.2) is 7.85 Å². The lowest BCUT2D eigenvalue weighted by Gasteiger charge is -1.98. The van der Waals surface area contributed by atoms with Gasteiger partial charge in [-0.15, -0.1) is 0 Å². The Morgan fingerprint density at radius 2 is 1.80 bits per heavy atom. The van der Waals surface area contributed by atoms with Crippen molar-refractivity contribution < 1.29 is 8.78 Å². The summed E-state index contributed by atoms with van der Waals surface area (Å²) in [5.74, 6) is -1.04. The fourth-order valence-electron chi connectivity index (χ4n) is 0.662. The molecule has 1 rings (SSSR count). The minimum absolute atomic E-state index is 0.150. The molecular formula is C7H5BF2. The number of hydrogen-bond acceptors (Lipinski definition) is 0. The molecule has 0 spiro atoms. The Kier molecular flexibility index (Phi) is 1.75. The third-order valence-electron chi connectivity index (χ3n) is 1.28. The zero-order chi connectivity index (χ0) is 7.72. The highest BCUT2D eigenvalue weighted by Gasteiger charge is 2.01. The molecule has 10 heavy (non-hydrogen) atoms. The van der Waals surface area contributed by atoms with E-state index in [0.717, 1.165) is 12.1 Å². The van der Waals surface area contributed by atoms with Crippen LogP contribution in [0.2, 0.25) is 0 Å². The molecule has 0 aliphatic rings. The lowest BCUT2D eigenvalue weighted by atomic mass is 9.94. The normalized spacial score (nSPS) is 9.90. The van der Waals surface area contributed by atoms with Crippen LogP contribution in [-0.2, 0) is 0 Å². The molecule has 0 heterocycles. The van der Waals surface area contributed by atoms with Gasteiger partial charge in [0.05, 0.1) is 0 Å². The first-order chi connectivity index (χ1) is 4.61. The Labute approximate surface area is 59.3 Å². The van der Waals surface area contributed by atoms with Gasteiger partial charge in [-0.05, 0) is 24.6 Å². The first kappa shape index (κ1) is 7.25. The second-order valence-electron chi connectivity index (χ2n) is 2.12. The predicted molar refractivity (Wildman–Crippen MR) is 36.5 cm³/mol. The summed E-state index contributed by atoms with van der Waals surface area (Å²) in [5.41, 5.74) is 0.120. The molecule has 0 N–H and O–H groups in total. The van der Waals surface area contributed by atoms with Gasteiger partial charge in [-0.3, -0.25) is 0 Å². The van der Waals surface area contributed by atoms with Gasteiger partial charge in [-0.2, -0.15) is 0 Å². The zero-order valence-corrected chi connectivity index (χ0v) is 5.49. The van der Waals surface area contributed by atoms with Crippen LogP contribution in [0.4, 0.5) is 8.78 Å². The minimum atomic E-state index is -0.570. The molecule has 0 nitrogen and oxygen atoms in total. The van der Waals surface area contributed by atoms with Gasteiger partial charge in [0.25, 0.3) is 0 Å². The van der Waals surface area contributed by atoms with Gasteiger partial charge in [0.2, 0.25) is 0 Å². The molecule has 0 aliphatic heterocycles. The topological polar surface area (TPSA) is 0 Å². The van der Waals surface area contributed by atoms with Gasteiger partial charge in [0, 0.05) is 0 Å². The number of hydrogen-bond donors (Lipinski definition) is 0. The van der Waals surface area contributed by atoms with Crippen molar-refractivity contribution in [2.75, 3.05) is 0 Å². The smallest absolute Gasteiger partial charge is 0.125 e. The van der Waals surface area contributed by atoms with Gasteiger partial charge in [-0.25, -0.2) is 8.78 Å². The second-order valence-corrected chi connectivity index (χ2v) is 2.12. The van der Waals surface area contributed by atoms with Crippen molar-refractivity contribution in [3.05, 3.63) is 29.3 Å². The van der Waals surface area contributed by atoms with Crippen molar-refractivity contribution in [2.24, 2.45) is 0 Å². The zero-order valence-electron chi connectivity index (χ0n) is 5.49. The van der Waals surface area contributed by atoms with Gasteiger partial charge < -0.3 is 0 Å². The minimum Gasteiger partial charge on any atom is -0.208 e.